The van der Waals surface area contributed by atoms with Crippen LogP contribution in [0.25, 0.3) is 0 Å². The largest absolute Gasteiger partial charge is 0.497 e. The molecule has 1 aliphatic heterocycles. The Hall–Kier alpha value is -1.55. The van der Waals surface area contributed by atoms with Gasteiger partial charge in [-0.1, -0.05) is 12.1 Å². The highest BCUT2D eigenvalue weighted by molar-refractivity contribution is 5.76. The third-order valence-corrected chi connectivity index (χ3v) is 4.39. The number of nitrogens with zero attached hydrogens (tertiary/aromatic N) is 2. The molecule has 4 nitrogen and oxygen atoms in total. The van der Waals surface area contributed by atoms with Gasteiger partial charge in [0.25, 0.3) is 0 Å². The van der Waals surface area contributed by atoms with Crippen molar-refractivity contribution in [2.45, 2.75) is 31.7 Å². The highest BCUT2D eigenvalue weighted by Gasteiger charge is 2.23. The van der Waals surface area contributed by atoms with Gasteiger partial charge in [-0.15, -0.1) is 0 Å². The van der Waals surface area contributed by atoms with E-state index >= 15 is 0 Å². The van der Waals surface area contributed by atoms with E-state index in [1.807, 2.05) is 36.2 Å². The summed E-state index contributed by atoms with van der Waals surface area (Å²) in [4.78, 5) is 16.6. The van der Waals surface area contributed by atoms with Crippen LogP contribution < -0.4 is 4.74 Å². The second kappa shape index (κ2) is 7.46. The van der Waals surface area contributed by atoms with Crippen LogP contribution >= 0.6 is 0 Å². The van der Waals surface area contributed by atoms with E-state index in [1.54, 1.807) is 7.11 Å². The lowest BCUT2D eigenvalue weighted by atomic mass is 10.0. The van der Waals surface area contributed by atoms with Gasteiger partial charge < -0.3 is 14.5 Å². The number of ether oxygens (including phenoxy) is 1. The molecular formula is C17H26N2O2. The zero-order chi connectivity index (χ0) is 15.2. The van der Waals surface area contributed by atoms with Gasteiger partial charge in [0.05, 0.1) is 7.11 Å². The molecule has 0 unspecified atom stereocenters. The average molecular weight is 290 g/mol. The molecule has 0 radical (unpaired) electrons. The van der Waals surface area contributed by atoms with E-state index in [0.717, 1.165) is 43.7 Å². The maximum atomic E-state index is 12.3. The van der Waals surface area contributed by atoms with Crippen molar-refractivity contribution in [3.05, 3.63) is 29.8 Å². The number of rotatable bonds is 5. The summed E-state index contributed by atoms with van der Waals surface area (Å²) in [6.45, 7) is 2.16. The SMILES string of the molecule is COc1cccc(CCC(=O)N(C)C2CCN(C)CC2)c1. The number of carbonyl (C=O) groups excluding carboxylic acids is 1. The predicted octanol–water partition coefficient (Wildman–Crippen LogP) is 2.18. The fourth-order valence-electron chi connectivity index (χ4n) is 2.84. The molecule has 1 aliphatic rings. The third kappa shape index (κ3) is 4.46. The molecule has 1 amide bonds. The van der Waals surface area contributed by atoms with Gasteiger partial charge in [0.15, 0.2) is 0 Å². The topological polar surface area (TPSA) is 32.8 Å². The van der Waals surface area contributed by atoms with Crippen molar-refractivity contribution in [2.75, 3.05) is 34.3 Å². The first kappa shape index (κ1) is 15.8. The Morgan fingerprint density at radius 2 is 2.10 bits per heavy atom. The van der Waals surface area contributed by atoms with E-state index in [0.29, 0.717) is 12.5 Å². The Balaban J connectivity index is 1.83. The van der Waals surface area contributed by atoms with E-state index in [9.17, 15) is 4.79 Å². The van der Waals surface area contributed by atoms with Crippen molar-refractivity contribution in [3.8, 4) is 5.75 Å². The van der Waals surface area contributed by atoms with E-state index in [2.05, 4.69) is 11.9 Å². The van der Waals surface area contributed by atoms with Crippen LogP contribution in [-0.4, -0.2) is 56.0 Å². The zero-order valence-corrected chi connectivity index (χ0v) is 13.3. The normalized spacial score (nSPS) is 16.7. The van der Waals surface area contributed by atoms with Crippen LogP contribution in [0.2, 0.25) is 0 Å². The smallest absolute Gasteiger partial charge is 0.222 e. The fraction of sp³-hybridized carbons (Fsp3) is 0.588. The summed E-state index contributed by atoms with van der Waals surface area (Å²) >= 11 is 0. The third-order valence-electron chi connectivity index (χ3n) is 4.39. The number of hydrogen-bond acceptors (Lipinski definition) is 3. The number of likely N-dealkylation sites (tertiary alicyclic amines) is 1. The van der Waals surface area contributed by atoms with Crippen LogP contribution in [0.3, 0.4) is 0 Å². The van der Waals surface area contributed by atoms with Gasteiger partial charge in [0.2, 0.25) is 5.91 Å². The molecule has 0 N–H and O–H groups in total. The van der Waals surface area contributed by atoms with E-state index in [4.69, 9.17) is 4.74 Å². The summed E-state index contributed by atoms with van der Waals surface area (Å²) in [6, 6.07) is 8.35. The summed E-state index contributed by atoms with van der Waals surface area (Å²) in [7, 11) is 5.75. The Kier molecular flexibility index (Phi) is 5.62. The number of methoxy groups -OCH3 is 1. The van der Waals surface area contributed by atoms with Gasteiger partial charge in [-0.2, -0.15) is 0 Å². The number of benzene rings is 1. The summed E-state index contributed by atoms with van der Waals surface area (Å²) in [6.07, 6.45) is 3.50. The van der Waals surface area contributed by atoms with Gasteiger partial charge >= 0.3 is 0 Å². The van der Waals surface area contributed by atoms with Crippen molar-refractivity contribution in [2.24, 2.45) is 0 Å². The number of amides is 1. The molecule has 21 heavy (non-hydrogen) atoms. The van der Waals surface area contributed by atoms with Crippen molar-refractivity contribution in [1.29, 1.82) is 0 Å². The number of carbonyl (C=O) groups is 1. The number of hydrogen-bond donors (Lipinski definition) is 0. The Labute approximate surface area is 127 Å². The second-order valence-electron chi connectivity index (χ2n) is 5.89. The minimum Gasteiger partial charge on any atom is -0.497 e. The first-order chi connectivity index (χ1) is 10.1. The Bertz CT molecular complexity index is 468. The van der Waals surface area contributed by atoms with Crippen LogP contribution in [-0.2, 0) is 11.2 Å². The molecule has 0 aliphatic carbocycles. The molecule has 0 atom stereocenters. The van der Waals surface area contributed by atoms with Crippen LogP contribution in [0.5, 0.6) is 5.75 Å². The van der Waals surface area contributed by atoms with Gasteiger partial charge in [0, 0.05) is 19.5 Å². The minimum absolute atomic E-state index is 0.243. The van der Waals surface area contributed by atoms with E-state index in [1.165, 1.54) is 0 Å². The highest BCUT2D eigenvalue weighted by atomic mass is 16.5. The molecule has 2 rings (SSSR count). The maximum Gasteiger partial charge on any atom is 0.222 e. The lowest BCUT2D eigenvalue weighted by Gasteiger charge is -2.35. The van der Waals surface area contributed by atoms with Crippen LogP contribution in [0.4, 0.5) is 0 Å². The van der Waals surface area contributed by atoms with Crippen molar-refractivity contribution in [1.82, 2.24) is 9.80 Å². The molecule has 1 fully saturated rings. The second-order valence-corrected chi connectivity index (χ2v) is 5.89. The quantitative estimate of drug-likeness (QED) is 0.833. The summed E-state index contributed by atoms with van der Waals surface area (Å²) in [5.41, 5.74) is 1.15. The minimum atomic E-state index is 0.243. The Morgan fingerprint density at radius 1 is 1.38 bits per heavy atom. The van der Waals surface area contributed by atoms with Gasteiger partial charge in [-0.25, -0.2) is 0 Å². The average Bonchev–Trinajstić information content (AvgIpc) is 2.53. The molecule has 1 aromatic carbocycles. The first-order valence-electron chi connectivity index (χ1n) is 7.67. The molecular weight excluding hydrogens is 264 g/mol. The summed E-state index contributed by atoms with van der Waals surface area (Å²) in [5, 5.41) is 0. The van der Waals surface area contributed by atoms with E-state index < -0.39 is 0 Å². The van der Waals surface area contributed by atoms with Gasteiger partial charge in [-0.05, 0) is 57.1 Å². The fourth-order valence-corrected chi connectivity index (χ4v) is 2.84. The standard InChI is InChI=1S/C17H26N2O2/c1-18-11-9-15(10-12-18)19(2)17(20)8-7-14-5-4-6-16(13-14)21-3/h4-6,13,15H,7-12H2,1-3H3. The number of aryl methyl sites for hydroxylation is 1. The Morgan fingerprint density at radius 3 is 2.76 bits per heavy atom. The van der Waals surface area contributed by atoms with Crippen molar-refractivity contribution in [3.63, 3.8) is 0 Å². The number of piperidine rings is 1. The lowest BCUT2D eigenvalue weighted by Crippen LogP contribution is -2.44. The van der Waals surface area contributed by atoms with Crippen LogP contribution in [0.1, 0.15) is 24.8 Å². The molecule has 0 saturated carbocycles. The monoisotopic (exact) mass is 290 g/mol. The van der Waals surface area contributed by atoms with Crippen molar-refractivity contribution < 1.29 is 9.53 Å². The predicted molar refractivity (Wildman–Crippen MR) is 84.6 cm³/mol. The molecule has 116 valence electrons. The molecule has 0 bridgehead atoms. The van der Waals surface area contributed by atoms with E-state index in [-0.39, 0.29) is 5.91 Å². The highest BCUT2D eigenvalue weighted by Crippen LogP contribution is 2.17. The molecule has 0 aromatic heterocycles. The van der Waals surface area contributed by atoms with Gasteiger partial charge in [0.1, 0.15) is 5.75 Å². The van der Waals surface area contributed by atoms with Gasteiger partial charge in [-0.3, -0.25) is 4.79 Å². The lowest BCUT2D eigenvalue weighted by molar-refractivity contribution is -0.132. The van der Waals surface area contributed by atoms with Crippen molar-refractivity contribution >= 4 is 5.91 Å². The zero-order valence-electron chi connectivity index (χ0n) is 13.3. The summed E-state index contributed by atoms with van der Waals surface area (Å²) < 4.78 is 5.21. The van der Waals surface area contributed by atoms with Crippen LogP contribution in [0.15, 0.2) is 24.3 Å². The first-order valence-corrected chi connectivity index (χ1v) is 7.67. The maximum absolute atomic E-state index is 12.3. The molecule has 1 heterocycles. The molecule has 4 heteroatoms. The summed E-state index contributed by atoms with van der Waals surface area (Å²) in [5.74, 6) is 1.09. The molecule has 1 saturated heterocycles. The molecule has 0 spiro atoms. The van der Waals surface area contributed by atoms with Crippen LogP contribution in [0, 0.1) is 0 Å². The molecule has 1 aromatic rings.